The average Bonchev–Trinajstić information content (AvgIpc) is 2.65. The minimum Gasteiger partial charge on any atom is -0.497 e. The number of nitrogens with zero attached hydrogens (tertiary/aromatic N) is 1. The molecule has 2 aromatic rings. The van der Waals surface area contributed by atoms with Crippen molar-refractivity contribution in [2.24, 2.45) is 0 Å². The third-order valence-corrected chi connectivity index (χ3v) is 5.34. The fraction of sp³-hybridized carbons (Fsp3) is 0.350. The van der Waals surface area contributed by atoms with Crippen molar-refractivity contribution in [1.82, 2.24) is 5.32 Å². The van der Waals surface area contributed by atoms with Crippen LogP contribution in [0.3, 0.4) is 0 Å². The van der Waals surface area contributed by atoms with Crippen LogP contribution in [0.25, 0.3) is 0 Å². The van der Waals surface area contributed by atoms with E-state index in [9.17, 15) is 17.6 Å². The van der Waals surface area contributed by atoms with E-state index in [2.05, 4.69) is 5.32 Å². The standard InChI is InChI=1S/C20H25FN2O5S/c1-14(13-28-19-10-8-18(27-3)9-11-19)22-20(24)15(2)23(29(4,25)26)17-7-5-6-16(21)12-17/h5-12,14-15H,13H2,1-4H3,(H,22,24)/t14-,15-/m0/s1. The van der Waals surface area contributed by atoms with Crippen molar-refractivity contribution in [2.75, 3.05) is 24.3 Å². The molecule has 0 saturated carbocycles. The first-order valence-corrected chi connectivity index (χ1v) is 10.8. The second-order valence-corrected chi connectivity index (χ2v) is 8.47. The zero-order valence-electron chi connectivity index (χ0n) is 16.8. The Bertz CT molecular complexity index is 934. The van der Waals surface area contributed by atoms with Crippen LogP contribution in [0.2, 0.25) is 0 Å². The van der Waals surface area contributed by atoms with E-state index < -0.39 is 27.8 Å². The molecule has 1 N–H and O–H groups in total. The highest BCUT2D eigenvalue weighted by molar-refractivity contribution is 7.92. The number of amides is 1. The van der Waals surface area contributed by atoms with Gasteiger partial charge in [0.05, 0.1) is 25.1 Å². The molecule has 0 fully saturated rings. The number of carbonyl (C=O) groups excluding carboxylic acids is 1. The van der Waals surface area contributed by atoms with Crippen LogP contribution >= 0.6 is 0 Å². The van der Waals surface area contributed by atoms with Crippen LogP contribution < -0.4 is 19.1 Å². The van der Waals surface area contributed by atoms with Gasteiger partial charge in [0.1, 0.15) is 30.0 Å². The molecular weight excluding hydrogens is 399 g/mol. The minimum absolute atomic E-state index is 0.0808. The lowest BCUT2D eigenvalue weighted by molar-refractivity contribution is -0.122. The number of anilines is 1. The zero-order chi connectivity index (χ0) is 21.6. The molecule has 0 aliphatic heterocycles. The van der Waals surface area contributed by atoms with Gasteiger partial charge in [0.2, 0.25) is 15.9 Å². The highest BCUT2D eigenvalue weighted by Gasteiger charge is 2.30. The number of sulfonamides is 1. The molecule has 0 saturated heterocycles. The van der Waals surface area contributed by atoms with Gasteiger partial charge in [-0.05, 0) is 56.3 Å². The fourth-order valence-corrected chi connectivity index (χ4v) is 3.89. The van der Waals surface area contributed by atoms with E-state index in [4.69, 9.17) is 9.47 Å². The summed E-state index contributed by atoms with van der Waals surface area (Å²) in [7, 11) is -2.25. The molecule has 2 aromatic carbocycles. The van der Waals surface area contributed by atoms with Gasteiger partial charge in [-0.25, -0.2) is 12.8 Å². The van der Waals surface area contributed by atoms with E-state index in [1.165, 1.54) is 25.1 Å². The number of rotatable bonds is 9. The molecule has 0 heterocycles. The van der Waals surface area contributed by atoms with Crippen LogP contribution in [-0.4, -0.2) is 46.4 Å². The highest BCUT2D eigenvalue weighted by atomic mass is 32.2. The first kappa shape index (κ1) is 22.5. The number of benzene rings is 2. The topological polar surface area (TPSA) is 84.9 Å². The molecule has 0 aliphatic carbocycles. The van der Waals surface area contributed by atoms with Gasteiger partial charge in [-0.1, -0.05) is 6.07 Å². The quantitative estimate of drug-likeness (QED) is 0.669. The zero-order valence-corrected chi connectivity index (χ0v) is 17.6. The Morgan fingerprint density at radius 3 is 2.31 bits per heavy atom. The molecule has 0 unspecified atom stereocenters. The van der Waals surface area contributed by atoms with Crippen LogP contribution in [0.5, 0.6) is 11.5 Å². The molecule has 29 heavy (non-hydrogen) atoms. The first-order valence-electron chi connectivity index (χ1n) is 8.94. The molecule has 2 atom stereocenters. The van der Waals surface area contributed by atoms with E-state index >= 15 is 0 Å². The van der Waals surface area contributed by atoms with Gasteiger partial charge >= 0.3 is 0 Å². The van der Waals surface area contributed by atoms with Crippen LogP contribution in [0.15, 0.2) is 48.5 Å². The van der Waals surface area contributed by atoms with Gasteiger partial charge in [-0.2, -0.15) is 0 Å². The van der Waals surface area contributed by atoms with Crippen LogP contribution in [0, 0.1) is 5.82 Å². The monoisotopic (exact) mass is 424 g/mol. The van der Waals surface area contributed by atoms with Crippen molar-refractivity contribution in [3.05, 3.63) is 54.3 Å². The predicted molar refractivity (Wildman–Crippen MR) is 109 cm³/mol. The summed E-state index contributed by atoms with van der Waals surface area (Å²) in [6.07, 6.45) is 0.970. The molecule has 0 spiro atoms. The maximum Gasteiger partial charge on any atom is 0.243 e. The molecule has 0 bridgehead atoms. The summed E-state index contributed by atoms with van der Waals surface area (Å²) in [4.78, 5) is 12.6. The number of methoxy groups -OCH3 is 1. The van der Waals surface area contributed by atoms with Crippen molar-refractivity contribution in [1.29, 1.82) is 0 Å². The molecule has 0 aliphatic rings. The van der Waals surface area contributed by atoms with Crippen molar-refractivity contribution in [3.8, 4) is 11.5 Å². The predicted octanol–water partition coefficient (Wildman–Crippen LogP) is 2.57. The Hall–Kier alpha value is -2.81. The number of halogens is 1. The molecule has 2 rings (SSSR count). The second-order valence-electron chi connectivity index (χ2n) is 6.61. The normalized spacial score (nSPS) is 13.3. The number of hydrogen-bond acceptors (Lipinski definition) is 5. The summed E-state index contributed by atoms with van der Waals surface area (Å²) < 4.78 is 49.6. The summed E-state index contributed by atoms with van der Waals surface area (Å²) in [5.41, 5.74) is 0.0808. The minimum atomic E-state index is -3.81. The molecular formula is C20H25FN2O5S. The number of nitrogens with one attached hydrogen (secondary N) is 1. The van der Waals surface area contributed by atoms with Gasteiger partial charge < -0.3 is 14.8 Å². The molecule has 0 radical (unpaired) electrons. The van der Waals surface area contributed by atoms with E-state index in [0.717, 1.165) is 16.6 Å². The third-order valence-electron chi connectivity index (χ3n) is 4.10. The smallest absolute Gasteiger partial charge is 0.243 e. The Morgan fingerprint density at radius 2 is 1.76 bits per heavy atom. The third kappa shape index (κ3) is 6.35. The van der Waals surface area contributed by atoms with E-state index in [1.807, 2.05) is 0 Å². The highest BCUT2D eigenvalue weighted by Crippen LogP contribution is 2.22. The van der Waals surface area contributed by atoms with E-state index in [1.54, 1.807) is 38.3 Å². The van der Waals surface area contributed by atoms with Gasteiger partial charge in [0.25, 0.3) is 0 Å². The van der Waals surface area contributed by atoms with Crippen LogP contribution in [-0.2, 0) is 14.8 Å². The van der Waals surface area contributed by atoms with Gasteiger partial charge in [-0.15, -0.1) is 0 Å². The summed E-state index contributed by atoms with van der Waals surface area (Å²) in [6.45, 7) is 3.36. The summed E-state index contributed by atoms with van der Waals surface area (Å²) >= 11 is 0. The van der Waals surface area contributed by atoms with Crippen LogP contribution in [0.4, 0.5) is 10.1 Å². The van der Waals surface area contributed by atoms with E-state index in [0.29, 0.717) is 11.5 Å². The average molecular weight is 424 g/mol. The van der Waals surface area contributed by atoms with Crippen molar-refractivity contribution in [2.45, 2.75) is 25.9 Å². The lowest BCUT2D eigenvalue weighted by Crippen LogP contribution is -2.50. The summed E-state index contributed by atoms with van der Waals surface area (Å²) in [5, 5.41) is 2.72. The van der Waals surface area contributed by atoms with Crippen molar-refractivity contribution < 1.29 is 27.1 Å². The molecule has 7 nitrogen and oxygen atoms in total. The number of hydrogen-bond donors (Lipinski definition) is 1. The summed E-state index contributed by atoms with van der Waals surface area (Å²) in [6, 6.07) is 10.6. The van der Waals surface area contributed by atoms with Crippen molar-refractivity contribution >= 4 is 21.6 Å². The lowest BCUT2D eigenvalue weighted by atomic mass is 10.2. The van der Waals surface area contributed by atoms with E-state index in [-0.39, 0.29) is 18.3 Å². The largest absolute Gasteiger partial charge is 0.497 e. The molecule has 1 amide bonds. The Morgan fingerprint density at radius 1 is 1.14 bits per heavy atom. The second kappa shape index (κ2) is 9.60. The summed E-state index contributed by atoms with van der Waals surface area (Å²) in [5.74, 6) is 0.193. The molecule has 0 aromatic heterocycles. The maximum absolute atomic E-state index is 13.6. The Balaban J connectivity index is 2.02. The van der Waals surface area contributed by atoms with Gasteiger partial charge in [-0.3, -0.25) is 9.10 Å². The van der Waals surface area contributed by atoms with Gasteiger partial charge in [0, 0.05) is 0 Å². The first-order chi connectivity index (χ1) is 13.6. The lowest BCUT2D eigenvalue weighted by Gasteiger charge is -2.29. The maximum atomic E-state index is 13.6. The SMILES string of the molecule is COc1ccc(OC[C@H](C)NC(=O)[C@H](C)N(c2cccc(F)c2)S(C)(=O)=O)cc1. The molecule has 158 valence electrons. The Kier molecular flexibility index (Phi) is 7.44. The van der Waals surface area contributed by atoms with Gasteiger partial charge in [0.15, 0.2) is 0 Å². The Labute approximate surface area is 170 Å². The van der Waals surface area contributed by atoms with Crippen molar-refractivity contribution in [3.63, 3.8) is 0 Å². The number of carbonyl (C=O) groups is 1. The molecule has 9 heteroatoms. The number of ether oxygens (including phenoxy) is 2. The van der Waals surface area contributed by atoms with Crippen LogP contribution in [0.1, 0.15) is 13.8 Å². The fourth-order valence-electron chi connectivity index (χ4n) is 2.72.